The van der Waals surface area contributed by atoms with E-state index in [9.17, 15) is 14.4 Å². The molecule has 0 radical (unpaired) electrons. The molecule has 1 aliphatic heterocycles. The number of nitrogens with zero attached hydrogens (tertiary/aromatic N) is 4. The van der Waals surface area contributed by atoms with Gasteiger partial charge in [-0.05, 0) is 18.2 Å². The maximum Gasteiger partial charge on any atom is 0.337 e. The van der Waals surface area contributed by atoms with Gasteiger partial charge in [-0.3, -0.25) is 9.59 Å². The highest BCUT2D eigenvalue weighted by molar-refractivity contribution is 5.92. The zero-order chi connectivity index (χ0) is 20.1. The first-order valence-electron chi connectivity index (χ1n) is 8.80. The molecule has 0 unspecified atom stereocenters. The Labute approximate surface area is 162 Å². The highest BCUT2D eigenvalue weighted by Crippen LogP contribution is 2.16. The molecule has 3 rings (SSSR count). The number of carbonyl (C=O) groups excluding carboxylic acids is 3. The number of amides is 2. The summed E-state index contributed by atoms with van der Waals surface area (Å²) in [6.07, 6.45) is 2.87. The van der Waals surface area contributed by atoms with Gasteiger partial charge >= 0.3 is 5.97 Å². The molecule has 9 nitrogen and oxygen atoms in total. The van der Waals surface area contributed by atoms with Crippen molar-refractivity contribution in [3.63, 3.8) is 0 Å². The van der Waals surface area contributed by atoms with Crippen molar-refractivity contribution in [1.82, 2.24) is 19.8 Å². The van der Waals surface area contributed by atoms with Crippen LogP contribution in [0.15, 0.2) is 36.7 Å². The number of esters is 1. The van der Waals surface area contributed by atoms with Gasteiger partial charge in [0.05, 0.1) is 25.1 Å². The van der Waals surface area contributed by atoms with E-state index in [2.05, 4.69) is 15.3 Å². The molecule has 1 saturated heterocycles. The number of anilines is 2. The van der Waals surface area contributed by atoms with E-state index in [1.807, 2.05) is 0 Å². The van der Waals surface area contributed by atoms with E-state index in [4.69, 9.17) is 4.74 Å². The van der Waals surface area contributed by atoms with E-state index >= 15 is 0 Å². The lowest BCUT2D eigenvalue weighted by molar-refractivity contribution is -0.130. The molecule has 0 aliphatic carbocycles. The zero-order valence-electron chi connectivity index (χ0n) is 15.7. The highest BCUT2D eigenvalue weighted by Gasteiger charge is 2.24. The Morgan fingerprint density at radius 2 is 1.75 bits per heavy atom. The molecule has 2 heterocycles. The molecule has 1 N–H and O–H groups in total. The Balaban J connectivity index is 1.63. The molecular weight excluding hydrogens is 362 g/mol. The minimum Gasteiger partial charge on any atom is -0.465 e. The molecule has 146 valence electrons. The van der Waals surface area contributed by atoms with Crippen molar-refractivity contribution in [1.29, 1.82) is 0 Å². The number of methoxy groups -OCH3 is 1. The highest BCUT2D eigenvalue weighted by atomic mass is 16.5. The van der Waals surface area contributed by atoms with Crippen molar-refractivity contribution in [3.8, 4) is 0 Å². The number of hydrogen-bond donors (Lipinski definition) is 1. The van der Waals surface area contributed by atoms with Crippen LogP contribution in [0.4, 0.5) is 11.5 Å². The smallest absolute Gasteiger partial charge is 0.337 e. The number of aromatic nitrogens is 2. The number of nitrogens with one attached hydrogen (secondary N) is 1. The lowest BCUT2D eigenvalue weighted by Crippen LogP contribution is -2.50. The van der Waals surface area contributed by atoms with Crippen molar-refractivity contribution < 1.29 is 19.1 Å². The Morgan fingerprint density at radius 3 is 2.36 bits per heavy atom. The van der Waals surface area contributed by atoms with Crippen LogP contribution >= 0.6 is 0 Å². The summed E-state index contributed by atoms with van der Waals surface area (Å²) in [6.45, 7) is 3.51. The second-order valence-electron chi connectivity index (χ2n) is 6.28. The number of piperazine rings is 1. The summed E-state index contributed by atoms with van der Waals surface area (Å²) >= 11 is 0. The predicted octanol–water partition coefficient (Wildman–Crippen LogP) is 1.31. The topological polar surface area (TPSA) is 105 Å². The summed E-state index contributed by atoms with van der Waals surface area (Å²) < 4.78 is 4.70. The third kappa shape index (κ3) is 4.43. The van der Waals surface area contributed by atoms with Crippen molar-refractivity contribution in [2.75, 3.05) is 38.6 Å². The molecule has 1 aliphatic rings. The lowest BCUT2D eigenvalue weighted by Gasteiger charge is -2.33. The molecule has 28 heavy (non-hydrogen) atoms. The van der Waals surface area contributed by atoms with Gasteiger partial charge in [0.2, 0.25) is 5.91 Å². The third-order valence-corrected chi connectivity index (χ3v) is 4.44. The molecule has 1 fully saturated rings. The van der Waals surface area contributed by atoms with E-state index in [0.717, 1.165) is 0 Å². The molecule has 0 atom stereocenters. The van der Waals surface area contributed by atoms with Gasteiger partial charge in [0.15, 0.2) is 0 Å². The third-order valence-electron chi connectivity index (χ3n) is 4.44. The Morgan fingerprint density at radius 1 is 1.04 bits per heavy atom. The Hall–Kier alpha value is -3.49. The van der Waals surface area contributed by atoms with Crippen LogP contribution in [0.3, 0.4) is 0 Å². The lowest BCUT2D eigenvalue weighted by atomic mass is 10.2. The minimum atomic E-state index is -0.430. The SMILES string of the molecule is COC(=O)c1cccc(Nc2cnc(C(=O)N3CCN(C(C)=O)CC3)cn2)c1. The average Bonchev–Trinajstić information content (AvgIpc) is 2.73. The fourth-order valence-electron chi connectivity index (χ4n) is 2.88. The van der Waals surface area contributed by atoms with Crippen LogP contribution in [0.25, 0.3) is 0 Å². The largest absolute Gasteiger partial charge is 0.465 e. The minimum absolute atomic E-state index is 0.0126. The van der Waals surface area contributed by atoms with Gasteiger partial charge in [0.1, 0.15) is 11.5 Å². The predicted molar refractivity (Wildman–Crippen MR) is 101 cm³/mol. The summed E-state index contributed by atoms with van der Waals surface area (Å²) in [7, 11) is 1.32. The summed E-state index contributed by atoms with van der Waals surface area (Å²) in [5.41, 5.74) is 1.30. The maximum absolute atomic E-state index is 12.5. The average molecular weight is 383 g/mol. The van der Waals surface area contributed by atoms with Crippen LogP contribution in [0, 0.1) is 0 Å². The monoisotopic (exact) mass is 383 g/mol. The summed E-state index contributed by atoms with van der Waals surface area (Å²) in [6, 6.07) is 6.79. The van der Waals surface area contributed by atoms with Crippen molar-refractivity contribution in [2.24, 2.45) is 0 Å². The van der Waals surface area contributed by atoms with Crippen molar-refractivity contribution in [3.05, 3.63) is 47.9 Å². The normalized spacial score (nSPS) is 13.8. The van der Waals surface area contributed by atoms with Crippen LogP contribution in [0.2, 0.25) is 0 Å². The van der Waals surface area contributed by atoms with Gasteiger partial charge in [-0.1, -0.05) is 6.07 Å². The number of benzene rings is 1. The van der Waals surface area contributed by atoms with Gasteiger partial charge in [-0.15, -0.1) is 0 Å². The maximum atomic E-state index is 12.5. The summed E-state index contributed by atoms with van der Waals surface area (Å²) in [4.78, 5) is 47.3. The van der Waals surface area contributed by atoms with Gasteiger partial charge in [-0.25, -0.2) is 14.8 Å². The number of rotatable bonds is 4. The van der Waals surface area contributed by atoms with Gasteiger partial charge in [0, 0.05) is 38.8 Å². The van der Waals surface area contributed by atoms with Gasteiger partial charge in [-0.2, -0.15) is 0 Å². The van der Waals surface area contributed by atoms with Crippen molar-refractivity contribution >= 4 is 29.3 Å². The van der Waals surface area contributed by atoms with Crippen LogP contribution in [-0.2, 0) is 9.53 Å². The van der Waals surface area contributed by atoms with E-state index in [1.54, 1.807) is 34.1 Å². The molecule has 0 spiro atoms. The van der Waals surface area contributed by atoms with Gasteiger partial charge in [0.25, 0.3) is 5.91 Å². The molecule has 1 aromatic carbocycles. The number of ether oxygens (including phenoxy) is 1. The van der Waals surface area contributed by atoms with E-state index < -0.39 is 5.97 Å². The molecular formula is C19H21N5O4. The second kappa shape index (κ2) is 8.47. The molecule has 0 saturated carbocycles. The van der Waals surface area contributed by atoms with Gasteiger partial charge < -0.3 is 19.9 Å². The fraction of sp³-hybridized carbons (Fsp3) is 0.316. The first-order chi connectivity index (χ1) is 13.5. The zero-order valence-corrected chi connectivity index (χ0v) is 15.7. The van der Waals surface area contributed by atoms with Crippen LogP contribution < -0.4 is 5.32 Å². The second-order valence-corrected chi connectivity index (χ2v) is 6.28. The summed E-state index contributed by atoms with van der Waals surface area (Å²) in [5.74, 6) is -0.186. The molecule has 1 aromatic heterocycles. The van der Waals surface area contributed by atoms with Crippen molar-refractivity contribution in [2.45, 2.75) is 6.92 Å². The first kappa shape index (κ1) is 19.3. The van der Waals surface area contributed by atoms with Crippen LogP contribution in [0.1, 0.15) is 27.8 Å². The number of hydrogen-bond acceptors (Lipinski definition) is 7. The standard InChI is InChI=1S/C19H21N5O4/c1-13(25)23-6-8-24(9-7-23)18(26)16-11-21-17(12-20-16)22-15-5-3-4-14(10-15)19(27)28-2/h3-5,10-12H,6-9H2,1-2H3,(H,21,22). The Bertz CT molecular complexity index is 876. The first-order valence-corrected chi connectivity index (χ1v) is 8.80. The fourth-order valence-corrected chi connectivity index (χ4v) is 2.88. The molecule has 2 aromatic rings. The van der Waals surface area contributed by atoms with E-state index in [0.29, 0.717) is 43.2 Å². The Kier molecular flexibility index (Phi) is 5.83. The quantitative estimate of drug-likeness (QED) is 0.794. The number of carbonyl (C=O) groups is 3. The van der Waals surface area contributed by atoms with Crippen LogP contribution in [0.5, 0.6) is 0 Å². The van der Waals surface area contributed by atoms with E-state index in [-0.39, 0.29) is 17.5 Å². The summed E-state index contributed by atoms with van der Waals surface area (Å²) in [5, 5.41) is 3.04. The molecule has 2 amide bonds. The molecule has 0 bridgehead atoms. The van der Waals surface area contributed by atoms with Crippen LogP contribution in [-0.4, -0.2) is 70.8 Å². The molecule has 9 heteroatoms. The van der Waals surface area contributed by atoms with E-state index in [1.165, 1.54) is 26.4 Å².